The molecule has 4 N–H and O–H groups in total. The monoisotopic (exact) mass is 340 g/mol. The number of primary sulfonamides is 1. The number of thiazole rings is 1. The molecule has 0 spiro atoms. The number of nitrogens with one attached hydrogen (secondary N) is 2. The summed E-state index contributed by atoms with van der Waals surface area (Å²) in [6, 6.07) is 5.12. The number of carbonyl (C=O) groups is 2. The highest BCUT2D eigenvalue weighted by molar-refractivity contribution is 7.89. The van der Waals surface area contributed by atoms with E-state index in [0.717, 1.165) is 5.69 Å². The molecule has 0 atom stereocenters. The van der Waals surface area contributed by atoms with Gasteiger partial charge in [-0.3, -0.25) is 14.9 Å². The Morgan fingerprint density at radius 1 is 1.14 bits per heavy atom. The van der Waals surface area contributed by atoms with Crippen LogP contribution in [0.3, 0.4) is 0 Å². The van der Waals surface area contributed by atoms with Gasteiger partial charge in [0.05, 0.1) is 10.6 Å². The average Bonchev–Trinajstić information content (AvgIpc) is 2.83. The van der Waals surface area contributed by atoms with Crippen molar-refractivity contribution in [1.29, 1.82) is 0 Å². The number of sulfonamides is 1. The first kappa shape index (κ1) is 16.1. The maximum absolute atomic E-state index is 11.7. The Labute approximate surface area is 130 Å². The van der Waals surface area contributed by atoms with E-state index in [-0.39, 0.29) is 10.6 Å². The number of aromatic nitrogens is 1. The van der Waals surface area contributed by atoms with Crippen LogP contribution in [-0.2, 0) is 19.6 Å². The number of rotatable bonds is 3. The van der Waals surface area contributed by atoms with Crippen molar-refractivity contribution in [2.24, 2.45) is 5.14 Å². The molecular weight excluding hydrogens is 328 g/mol. The molecule has 116 valence electrons. The van der Waals surface area contributed by atoms with Gasteiger partial charge in [-0.2, -0.15) is 0 Å². The Kier molecular flexibility index (Phi) is 4.54. The van der Waals surface area contributed by atoms with Crippen molar-refractivity contribution >= 4 is 44.0 Å². The third kappa shape index (κ3) is 4.10. The van der Waals surface area contributed by atoms with E-state index in [1.807, 2.05) is 0 Å². The molecule has 0 aliphatic rings. The molecule has 8 nitrogen and oxygen atoms in total. The molecule has 0 unspecified atom stereocenters. The lowest BCUT2D eigenvalue weighted by atomic mass is 10.3. The van der Waals surface area contributed by atoms with Gasteiger partial charge in [-0.15, -0.1) is 11.3 Å². The zero-order chi connectivity index (χ0) is 16.3. The summed E-state index contributed by atoms with van der Waals surface area (Å²) in [6.07, 6.45) is 0. The molecule has 0 aliphatic carbocycles. The highest BCUT2D eigenvalue weighted by atomic mass is 32.2. The minimum absolute atomic E-state index is 0.0896. The predicted molar refractivity (Wildman–Crippen MR) is 81.9 cm³/mol. The summed E-state index contributed by atoms with van der Waals surface area (Å²) in [5.74, 6) is -1.76. The second-order valence-corrected chi connectivity index (χ2v) is 6.69. The van der Waals surface area contributed by atoms with Crippen LogP contribution in [0, 0.1) is 6.92 Å². The first-order chi connectivity index (χ1) is 10.3. The van der Waals surface area contributed by atoms with E-state index < -0.39 is 21.8 Å². The van der Waals surface area contributed by atoms with E-state index in [2.05, 4.69) is 15.6 Å². The molecule has 0 saturated heterocycles. The molecule has 2 aromatic rings. The Hall–Kier alpha value is -2.30. The van der Waals surface area contributed by atoms with Crippen LogP contribution in [0.2, 0.25) is 0 Å². The highest BCUT2D eigenvalue weighted by Crippen LogP contribution is 2.15. The SMILES string of the molecule is Cc1csc(NC(=O)C(=O)Nc2ccc(S(N)(=O)=O)cc2)n1. The zero-order valence-electron chi connectivity index (χ0n) is 11.4. The van der Waals surface area contributed by atoms with Gasteiger partial charge in [0.25, 0.3) is 0 Å². The minimum atomic E-state index is -3.80. The van der Waals surface area contributed by atoms with Crippen LogP contribution in [0.25, 0.3) is 0 Å². The molecule has 22 heavy (non-hydrogen) atoms. The van der Waals surface area contributed by atoms with Crippen LogP contribution in [0.15, 0.2) is 34.5 Å². The van der Waals surface area contributed by atoms with E-state index in [1.165, 1.54) is 35.6 Å². The molecule has 10 heteroatoms. The Morgan fingerprint density at radius 3 is 2.23 bits per heavy atom. The molecule has 1 heterocycles. The first-order valence-corrected chi connectivity index (χ1v) is 8.35. The molecule has 1 aromatic carbocycles. The Morgan fingerprint density at radius 2 is 1.73 bits per heavy atom. The summed E-state index contributed by atoms with van der Waals surface area (Å²) in [6.45, 7) is 1.76. The average molecular weight is 340 g/mol. The van der Waals surface area contributed by atoms with Gasteiger partial charge in [0, 0.05) is 11.1 Å². The molecule has 0 bridgehead atoms. The second kappa shape index (κ2) is 6.22. The molecular formula is C12H12N4O4S2. The molecule has 2 rings (SSSR count). The third-order valence-electron chi connectivity index (χ3n) is 2.49. The number of benzene rings is 1. The van der Waals surface area contributed by atoms with Crippen LogP contribution in [0.4, 0.5) is 10.8 Å². The number of nitrogens with zero attached hydrogens (tertiary/aromatic N) is 1. The van der Waals surface area contributed by atoms with Crippen LogP contribution < -0.4 is 15.8 Å². The lowest BCUT2D eigenvalue weighted by Crippen LogP contribution is -2.29. The van der Waals surface area contributed by atoms with Gasteiger partial charge in [0.15, 0.2) is 5.13 Å². The standard InChI is InChI=1S/C12H12N4O4S2/c1-7-6-21-12(14-7)16-11(18)10(17)15-8-2-4-9(5-3-8)22(13,19)20/h2-6H,1H3,(H,15,17)(H2,13,19,20)(H,14,16,18). The number of carbonyl (C=O) groups excluding carboxylic acids is 2. The summed E-state index contributed by atoms with van der Waals surface area (Å²) >= 11 is 1.20. The number of anilines is 2. The van der Waals surface area contributed by atoms with Crippen molar-refractivity contribution in [3.8, 4) is 0 Å². The summed E-state index contributed by atoms with van der Waals surface area (Å²) < 4.78 is 22.2. The quantitative estimate of drug-likeness (QED) is 0.707. The molecule has 1 aromatic heterocycles. The fraction of sp³-hybridized carbons (Fsp3) is 0.0833. The van der Waals surface area contributed by atoms with Crippen LogP contribution in [0.5, 0.6) is 0 Å². The molecule has 0 aliphatic heterocycles. The number of hydrogen-bond donors (Lipinski definition) is 3. The normalized spacial score (nSPS) is 11.0. The number of amides is 2. The van der Waals surface area contributed by atoms with Gasteiger partial charge >= 0.3 is 11.8 Å². The lowest BCUT2D eigenvalue weighted by molar-refractivity contribution is -0.132. The van der Waals surface area contributed by atoms with Crippen LogP contribution >= 0.6 is 11.3 Å². The summed E-state index contributed by atoms with van der Waals surface area (Å²) in [5.41, 5.74) is 1.00. The van der Waals surface area contributed by atoms with Gasteiger partial charge in [-0.05, 0) is 31.2 Å². The van der Waals surface area contributed by atoms with Crippen molar-refractivity contribution in [1.82, 2.24) is 4.98 Å². The summed E-state index contributed by atoms with van der Waals surface area (Å²) in [5, 5.41) is 11.7. The van der Waals surface area contributed by atoms with Gasteiger partial charge in [-0.1, -0.05) is 0 Å². The first-order valence-electron chi connectivity index (χ1n) is 5.93. The molecule has 0 saturated carbocycles. The highest BCUT2D eigenvalue weighted by Gasteiger charge is 2.16. The smallest absolute Gasteiger partial charge is 0.315 e. The predicted octanol–water partition coefficient (Wildman–Crippen LogP) is 0.676. The third-order valence-corrected chi connectivity index (χ3v) is 4.29. The van der Waals surface area contributed by atoms with Crippen LogP contribution in [0.1, 0.15) is 5.69 Å². The van der Waals surface area contributed by atoms with Crippen molar-refractivity contribution in [2.45, 2.75) is 11.8 Å². The Bertz CT molecular complexity index is 812. The second-order valence-electron chi connectivity index (χ2n) is 4.27. The number of aryl methyl sites for hydroxylation is 1. The molecule has 0 fully saturated rings. The number of hydrogen-bond acceptors (Lipinski definition) is 6. The van der Waals surface area contributed by atoms with Gasteiger partial charge in [0.1, 0.15) is 0 Å². The maximum atomic E-state index is 11.7. The van der Waals surface area contributed by atoms with Gasteiger partial charge in [0.2, 0.25) is 10.0 Å². The topological polar surface area (TPSA) is 131 Å². The fourth-order valence-corrected chi connectivity index (χ4v) is 2.68. The van der Waals surface area contributed by atoms with Gasteiger partial charge < -0.3 is 5.32 Å². The zero-order valence-corrected chi connectivity index (χ0v) is 13.0. The minimum Gasteiger partial charge on any atom is -0.318 e. The van der Waals surface area contributed by atoms with Crippen molar-refractivity contribution in [3.63, 3.8) is 0 Å². The van der Waals surface area contributed by atoms with E-state index in [9.17, 15) is 18.0 Å². The van der Waals surface area contributed by atoms with Crippen molar-refractivity contribution in [3.05, 3.63) is 35.3 Å². The summed E-state index contributed by atoms with van der Waals surface area (Å²) in [4.78, 5) is 27.3. The van der Waals surface area contributed by atoms with Crippen LogP contribution in [-0.4, -0.2) is 25.2 Å². The van der Waals surface area contributed by atoms with E-state index in [0.29, 0.717) is 5.13 Å². The van der Waals surface area contributed by atoms with E-state index in [4.69, 9.17) is 5.14 Å². The van der Waals surface area contributed by atoms with Crippen molar-refractivity contribution in [2.75, 3.05) is 10.6 Å². The molecule has 0 radical (unpaired) electrons. The van der Waals surface area contributed by atoms with E-state index >= 15 is 0 Å². The largest absolute Gasteiger partial charge is 0.318 e. The lowest BCUT2D eigenvalue weighted by Gasteiger charge is -2.05. The number of nitrogens with two attached hydrogens (primary N) is 1. The maximum Gasteiger partial charge on any atom is 0.315 e. The van der Waals surface area contributed by atoms with Crippen molar-refractivity contribution < 1.29 is 18.0 Å². The van der Waals surface area contributed by atoms with E-state index in [1.54, 1.807) is 12.3 Å². The van der Waals surface area contributed by atoms with Gasteiger partial charge in [-0.25, -0.2) is 18.5 Å². The summed E-state index contributed by atoms with van der Waals surface area (Å²) in [7, 11) is -3.80. The fourth-order valence-electron chi connectivity index (χ4n) is 1.48. The Balaban J connectivity index is 2.01. The molecule has 2 amide bonds.